The molecule has 24 heavy (non-hydrogen) atoms. The van der Waals surface area contributed by atoms with Crippen LogP contribution in [-0.2, 0) is 11.3 Å². The minimum absolute atomic E-state index is 0.346. The second-order valence-electron chi connectivity index (χ2n) is 5.15. The lowest BCUT2D eigenvalue weighted by Gasteiger charge is -2.15. The second-order valence-corrected chi connectivity index (χ2v) is 5.15. The molecule has 0 unspecified atom stereocenters. The molecule has 1 aromatic heterocycles. The molecule has 1 aliphatic heterocycles. The van der Waals surface area contributed by atoms with Gasteiger partial charge in [0.15, 0.2) is 6.79 Å². The third kappa shape index (κ3) is 3.97. The van der Waals surface area contributed by atoms with E-state index in [0.29, 0.717) is 19.0 Å². The molecule has 2 heterocycles. The van der Waals surface area contributed by atoms with E-state index in [1.165, 1.54) is 5.56 Å². The Morgan fingerprint density at radius 2 is 1.67 bits per heavy atom. The van der Waals surface area contributed by atoms with Crippen molar-refractivity contribution in [1.29, 1.82) is 5.26 Å². The molecular weight excluding hydrogens is 300 g/mol. The lowest BCUT2D eigenvalue weighted by atomic mass is 10.0. The maximum atomic E-state index is 8.65. The summed E-state index contributed by atoms with van der Waals surface area (Å²) in [5.41, 5.74) is 4.09. The van der Waals surface area contributed by atoms with E-state index < -0.39 is 0 Å². The van der Waals surface area contributed by atoms with Crippen LogP contribution in [0.2, 0.25) is 0 Å². The van der Waals surface area contributed by atoms with Crippen molar-refractivity contribution in [2.75, 3.05) is 6.79 Å². The zero-order valence-corrected chi connectivity index (χ0v) is 13.1. The maximum Gasteiger partial charge on any atom is 0.189 e. The Hall–Kier alpha value is -3.16. The minimum Gasteiger partial charge on any atom is -0.466 e. The quantitative estimate of drug-likeness (QED) is 0.676. The standard InChI is InChI=1S/C13H9N.C7H7NO2/c14-10-11-6-8-13(9-7-11)12-4-2-1-3-5-12;1-2-8-3-7-6(1)4-9-5-10-7/h1-9H;1-3H,4-5H2. The highest BCUT2D eigenvalue weighted by atomic mass is 16.7. The second kappa shape index (κ2) is 7.91. The van der Waals surface area contributed by atoms with E-state index in [4.69, 9.17) is 14.7 Å². The molecule has 0 saturated carbocycles. The highest BCUT2D eigenvalue weighted by molar-refractivity contribution is 5.63. The van der Waals surface area contributed by atoms with Gasteiger partial charge in [-0.05, 0) is 29.3 Å². The summed E-state index contributed by atoms with van der Waals surface area (Å²) >= 11 is 0. The molecule has 0 spiro atoms. The Kier molecular flexibility index (Phi) is 5.18. The van der Waals surface area contributed by atoms with Gasteiger partial charge in [-0.1, -0.05) is 42.5 Å². The Morgan fingerprint density at radius 3 is 2.38 bits per heavy atom. The van der Waals surface area contributed by atoms with Gasteiger partial charge in [0, 0.05) is 11.8 Å². The zero-order valence-electron chi connectivity index (χ0n) is 13.1. The van der Waals surface area contributed by atoms with E-state index in [0.717, 1.165) is 16.9 Å². The van der Waals surface area contributed by atoms with Gasteiger partial charge in [0.2, 0.25) is 0 Å². The van der Waals surface area contributed by atoms with Crippen LogP contribution in [0.15, 0.2) is 73.1 Å². The minimum atomic E-state index is 0.346. The number of benzene rings is 2. The molecule has 4 rings (SSSR count). The van der Waals surface area contributed by atoms with Gasteiger partial charge in [0.05, 0.1) is 24.4 Å². The van der Waals surface area contributed by atoms with Gasteiger partial charge >= 0.3 is 0 Å². The first-order chi connectivity index (χ1) is 11.9. The number of ether oxygens (including phenoxy) is 2. The molecule has 118 valence electrons. The fourth-order valence-electron chi connectivity index (χ4n) is 2.28. The molecule has 0 aliphatic carbocycles. The van der Waals surface area contributed by atoms with Gasteiger partial charge in [-0.15, -0.1) is 0 Å². The summed E-state index contributed by atoms with van der Waals surface area (Å²) < 4.78 is 10.2. The van der Waals surface area contributed by atoms with Crippen molar-refractivity contribution in [3.8, 4) is 22.9 Å². The van der Waals surface area contributed by atoms with Crippen molar-refractivity contribution in [1.82, 2.24) is 4.98 Å². The third-order valence-corrected chi connectivity index (χ3v) is 3.55. The number of hydrogen-bond donors (Lipinski definition) is 0. The molecule has 0 radical (unpaired) electrons. The Bertz CT molecular complexity index is 799. The smallest absolute Gasteiger partial charge is 0.189 e. The summed E-state index contributed by atoms with van der Waals surface area (Å²) in [6.07, 6.45) is 3.44. The fraction of sp³-hybridized carbons (Fsp3) is 0.100. The highest BCUT2D eigenvalue weighted by Crippen LogP contribution is 2.20. The lowest BCUT2D eigenvalue weighted by Crippen LogP contribution is -2.10. The first kappa shape index (κ1) is 15.7. The average molecular weight is 316 g/mol. The molecule has 4 heteroatoms. The molecule has 2 aromatic carbocycles. The predicted octanol–water partition coefficient (Wildman–Crippen LogP) is 4.17. The number of pyridine rings is 1. The third-order valence-electron chi connectivity index (χ3n) is 3.55. The van der Waals surface area contributed by atoms with Crippen LogP contribution in [0.1, 0.15) is 11.1 Å². The molecule has 1 aliphatic rings. The van der Waals surface area contributed by atoms with E-state index in [2.05, 4.69) is 23.2 Å². The van der Waals surface area contributed by atoms with Crippen LogP contribution in [-0.4, -0.2) is 11.8 Å². The van der Waals surface area contributed by atoms with Crippen LogP contribution in [0, 0.1) is 11.3 Å². The first-order valence-corrected chi connectivity index (χ1v) is 7.56. The SMILES string of the molecule is N#Cc1ccc(-c2ccccc2)cc1.c1cc2c(cn1)OCOC2. The van der Waals surface area contributed by atoms with Crippen LogP contribution in [0.3, 0.4) is 0 Å². The molecule has 0 bridgehead atoms. The van der Waals surface area contributed by atoms with Crippen LogP contribution >= 0.6 is 0 Å². The predicted molar refractivity (Wildman–Crippen MR) is 91.1 cm³/mol. The van der Waals surface area contributed by atoms with E-state index in [9.17, 15) is 0 Å². The van der Waals surface area contributed by atoms with Gasteiger partial charge in [-0.2, -0.15) is 5.26 Å². The average Bonchev–Trinajstić information content (AvgIpc) is 2.69. The van der Waals surface area contributed by atoms with Crippen LogP contribution in [0.4, 0.5) is 0 Å². The molecule has 0 fully saturated rings. The van der Waals surface area contributed by atoms with Gasteiger partial charge in [0.1, 0.15) is 5.75 Å². The summed E-state index contributed by atoms with van der Waals surface area (Å²) in [5, 5.41) is 8.65. The number of hydrogen-bond acceptors (Lipinski definition) is 4. The fourth-order valence-corrected chi connectivity index (χ4v) is 2.28. The lowest BCUT2D eigenvalue weighted by molar-refractivity contribution is -0.0166. The highest BCUT2D eigenvalue weighted by Gasteiger charge is 2.08. The Balaban J connectivity index is 0.000000149. The molecule has 0 atom stereocenters. The number of nitrogens with zero attached hydrogens (tertiary/aromatic N) is 2. The van der Waals surface area contributed by atoms with Crippen molar-refractivity contribution in [2.45, 2.75) is 6.61 Å². The van der Waals surface area contributed by atoms with E-state index in [1.54, 1.807) is 12.4 Å². The Labute approximate surface area is 140 Å². The summed E-state index contributed by atoms with van der Waals surface area (Å²) in [4.78, 5) is 3.92. The van der Waals surface area contributed by atoms with Gasteiger partial charge in [-0.25, -0.2) is 0 Å². The number of nitriles is 1. The van der Waals surface area contributed by atoms with Crippen molar-refractivity contribution in [3.05, 3.63) is 84.2 Å². The van der Waals surface area contributed by atoms with Gasteiger partial charge < -0.3 is 9.47 Å². The van der Waals surface area contributed by atoms with Crippen LogP contribution in [0.25, 0.3) is 11.1 Å². The normalized spacial score (nSPS) is 12.0. The summed E-state index contributed by atoms with van der Waals surface area (Å²) in [5.74, 6) is 0.841. The van der Waals surface area contributed by atoms with E-state index in [1.807, 2.05) is 48.5 Å². The molecular formula is C20H16N2O2. The van der Waals surface area contributed by atoms with E-state index in [-0.39, 0.29) is 0 Å². The summed E-state index contributed by atoms with van der Waals surface area (Å²) in [6.45, 7) is 0.983. The molecule has 0 saturated heterocycles. The Morgan fingerprint density at radius 1 is 0.917 bits per heavy atom. The van der Waals surface area contributed by atoms with Crippen LogP contribution in [0.5, 0.6) is 5.75 Å². The van der Waals surface area contributed by atoms with Gasteiger partial charge in [0.25, 0.3) is 0 Å². The number of aromatic nitrogens is 1. The van der Waals surface area contributed by atoms with Gasteiger partial charge in [-0.3, -0.25) is 4.98 Å². The largest absolute Gasteiger partial charge is 0.466 e. The first-order valence-electron chi connectivity index (χ1n) is 7.56. The van der Waals surface area contributed by atoms with Crippen LogP contribution < -0.4 is 4.74 Å². The maximum absolute atomic E-state index is 8.65. The van der Waals surface area contributed by atoms with Crippen molar-refractivity contribution in [2.24, 2.45) is 0 Å². The number of fused-ring (bicyclic) bond motifs is 1. The summed E-state index contributed by atoms with van der Waals surface area (Å²) in [6, 6.07) is 21.7. The summed E-state index contributed by atoms with van der Waals surface area (Å²) in [7, 11) is 0. The van der Waals surface area contributed by atoms with Crippen molar-refractivity contribution < 1.29 is 9.47 Å². The zero-order chi connectivity index (χ0) is 16.6. The number of rotatable bonds is 1. The molecule has 0 N–H and O–H groups in total. The molecule has 0 amide bonds. The molecule has 4 nitrogen and oxygen atoms in total. The van der Waals surface area contributed by atoms with Crippen molar-refractivity contribution >= 4 is 0 Å². The van der Waals surface area contributed by atoms with E-state index >= 15 is 0 Å². The van der Waals surface area contributed by atoms with Crippen molar-refractivity contribution in [3.63, 3.8) is 0 Å². The topological polar surface area (TPSA) is 55.1 Å². The monoisotopic (exact) mass is 316 g/mol. The molecule has 3 aromatic rings.